The number of methoxy groups -OCH3 is 1. The number of carbonyl (C=O) groups is 1. The second-order valence-corrected chi connectivity index (χ2v) is 6.81. The predicted molar refractivity (Wildman–Crippen MR) is 103 cm³/mol. The first kappa shape index (κ1) is 18.3. The largest absolute Gasteiger partial charge is 0.497 e. The molecule has 2 aromatic carbocycles. The quantitative estimate of drug-likeness (QED) is 0.811. The molecule has 4 heteroatoms. The van der Waals surface area contributed by atoms with Crippen molar-refractivity contribution in [2.45, 2.75) is 51.7 Å². The van der Waals surface area contributed by atoms with E-state index >= 15 is 0 Å². The molecule has 0 fully saturated rings. The standard InChI is InChI=1S/C22H27NO3/c1-4-21(26-20-10-6-9-19(14-20)25-3)22(24)23-15(2)17-12-11-16-7-5-8-18(16)13-17/h6,9-15,21H,4-5,7-8H2,1-3H3,(H,23,24)/t15-,21-/m1/s1. The molecular weight excluding hydrogens is 326 g/mol. The van der Waals surface area contributed by atoms with Crippen molar-refractivity contribution in [1.29, 1.82) is 0 Å². The summed E-state index contributed by atoms with van der Waals surface area (Å²) in [4.78, 5) is 12.7. The van der Waals surface area contributed by atoms with Crippen molar-refractivity contribution in [3.8, 4) is 11.5 Å². The SMILES string of the molecule is CC[C@@H](Oc1cccc(OC)c1)C(=O)N[C@H](C)c1ccc2c(c1)CCC2. The first-order chi connectivity index (χ1) is 12.6. The van der Waals surface area contributed by atoms with Crippen LogP contribution in [0.3, 0.4) is 0 Å². The van der Waals surface area contributed by atoms with Gasteiger partial charge in [0.05, 0.1) is 13.2 Å². The van der Waals surface area contributed by atoms with E-state index < -0.39 is 6.10 Å². The van der Waals surface area contributed by atoms with Gasteiger partial charge < -0.3 is 14.8 Å². The van der Waals surface area contributed by atoms with E-state index in [1.807, 2.05) is 32.0 Å². The summed E-state index contributed by atoms with van der Waals surface area (Å²) in [5.74, 6) is 1.25. The van der Waals surface area contributed by atoms with Crippen molar-refractivity contribution in [2.75, 3.05) is 7.11 Å². The van der Waals surface area contributed by atoms with E-state index in [2.05, 4.69) is 23.5 Å². The Morgan fingerprint density at radius 3 is 2.65 bits per heavy atom. The Hall–Kier alpha value is -2.49. The third kappa shape index (κ3) is 4.18. The van der Waals surface area contributed by atoms with E-state index in [9.17, 15) is 4.79 Å². The predicted octanol–water partition coefficient (Wildman–Crippen LogP) is 4.22. The van der Waals surface area contributed by atoms with Crippen LogP contribution >= 0.6 is 0 Å². The van der Waals surface area contributed by atoms with E-state index in [0.717, 1.165) is 12.0 Å². The number of amides is 1. The molecule has 0 saturated heterocycles. The van der Waals surface area contributed by atoms with Crippen LogP contribution in [0.15, 0.2) is 42.5 Å². The minimum atomic E-state index is -0.529. The minimum absolute atomic E-state index is 0.0450. The molecule has 0 aliphatic heterocycles. The van der Waals surface area contributed by atoms with Gasteiger partial charge in [-0.1, -0.05) is 31.2 Å². The molecule has 0 heterocycles. The highest BCUT2D eigenvalue weighted by Gasteiger charge is 2.21. The number of benzene rings is 2. The van der Waals surface area contributed by atoms with E-state index in [0.29, 0.717) is 17.9 Å². The second-order valence-electron chi connectivity index (χ2n) is 6.81. The van der Waals surface area contributed by atoms with Crippen LogP contribution < -0.4 is 14.8 Å². The Labute approximate surface area is 155 Å². The van der Waals surface area contributed by atoms with Gasteiger partial charge in [-0.05, 0) is 61.4 Å². The maximum Gasteiger partial charge on any atom is 0.261 e. The van der Waals surface area contributed by atoms with Gasteiger partial charge in [-0.2, -0.15) is 0 Å². The molecule has 2 aromatic rings. The average molecular weight is 353 g/mol. The molecule has 2 atom stereocenters. The van der Waals surface area contributed by atoms with E-state index in [1.165, 1.54) is 24.0 Å². The van der Waals surface area contributed by atoms with E-state index in [-0.39, 0.29) is 11.9 Å². The number of aryl methyl sites for hydroxylation is 2. The van der Waals surface area contributed by atoms with Gasteiger partial charge in [-0.3, -0.25) is 4.79 Å². The zero-order valence-corrected chi connectivity index (χ0v) is 15.7. The van der Waals surface area contributed by atoms with Crippen LogP contribution in [0.1, 0.15) is 49.4 Å². The lowest BCUT2D eigenvalue weighted by Crippen LogP contribution is -2.39. The van der Waals surface area contributed by atoms with Crippen LogP contribution in [0, 0.1) is 0 Å². The normalized spacial score (nSPS) is 15.0. The van der Waals surface area contributed by atoms with Gasteiger partial charge in [0.15, 0.2) is 6.10 Å². The zero-order valence-electron chi connectivity index (χ0n) is 15.7. The molecule has 0 unspecified atom stereocenters. The maximum absolute atomic E-state index is 12.7. The van der Waals surface area contributed by atoms with Crippen LogP contribution in [-0.4, -0.2) is 19.1 Å². The summed E-state index contributed by atoms with van der Waals surface area (Å²) in [6, 6.07) is 13.8. The number of ether oxygens (including phenoxy) is 2. The van der Waals surface area contributed by atoms with E-state index in [4.69, 9.17) is 9.47 Å². The van der Waals surface area contributed by atoms with Gasteiger partial charge in [-0.25, -0.2) is 0 Å². The molecule has 0 aromatic heterocycles. The Balaban J connectivity index is 1.64. The van der Waals surface area contributed by atoms with Gasteiger partial charge in [0.2, 0.25) is 0 Å². The van der Waals surface area contributed by atoms with Crippen LogP contribution in [0.5, 0.6) is 11.5 Å². The van der Waals surface area contributed by atoms with Gasteiger partial charge >= 0.3 is 0 Å². The Bertz CT molecular complexity index is 772. The molecule has 0 radical (unpaired) electrons. The van der Waals surface area contributed by atoms with Gasteiger partial charge in [0, 0.05) is 6.07 Å². The molecule has 0 saturated carbocycles. The number of carbonyl (C=O) groups excluding carboxylic acids is 1. The van der Waals surface area contributed by atoms with Crippen LogP contribution in [-0.2, 0) is 17.6 Å². The first-order valence-corrected chi connectivity index (χ1v) is 9.33. The highest BCUT2D eigenvalue weighted by Crippen LogP contribution is 2.26. The van der Waals surface area contributed by atoms with Crippen LogP contribution in [0.4, 0.5) is 0 Å². The van der Waals surface area contributed by atoms with Crippen molar-refractivity contribution in [1.82, 2.24) is 5.32 Å². The fourth-order valence-electron chi connectivity index (χ4n) is 3.41. The van der Waals surface area contributed by atoms with Gasteiger partial charge in [0.25, 0.3) is 5.91 Å². The van der Waals surface area contributed by atoms with Gasteiger partial charge in [0.1, 0.15) is 11.5 Å². The molecule has 1 amide bonds. The molecule has 26 heavy (non-hydrogen) atoms. The molecule has 0 bridgehead atoms. The summed E-state index contributed by atoms with van der Waals surface area (Å²) in [7, 11) is 1.61. The van der Waals surface area contributed by atoms with Crippen molar-refractivity contribution < 1.29 is 14.3 Å². The van der Waals surface area contributed by atoms with Gasteiger partial charge in [-0.15, -0.1) is 0 Å². The van der Waals surface area contributed by atoms with Crippen molar-refractivity contribution in [2.24, 2.45) is 0 Å². The van der Waals surface area contributed by atoms with Crippen LogP contribution in [0.2, 0.25) is 0 Å². The third-order valence-electron chi connectivity index (χ3n) is 4.96. The number of fused-ring (bicyclic) bond motifs is 1. The Kier molecular flexibility index (Phi) is 5.82. The summed E-state index contributed by atoms with van der Waals surface area (Å²) >= 11 is 0. The molecule has 4 nitrogen and oxygen atoms in total. The lowest BCUT2D eigenvalue weighted by atomic mass is 10.0. The fraction of sp³-hybridized carbons (Fsp3) is 0.409. The monoisotopic (exact) mass is 353 g/mol. The molecular formula is C22H27NO3. The molecule has 1 aliphatic rings. The van der Waals surface area contributed by atoms with Crippen LogP contribution in [0.25, 0.3) is 0 Å². The number of hydrogen-bond donors (Lipinski definition) is 1. The molecule has 0 spiro atoms. The lowest BCUT2D eigenvalue weighted by Gasteiger charge is -2.21. The Morgan fingerprint density at radius 2 is 1.88 bits per heavy atom. The molecule has 1 N–H and O–H groups in total. The lowest BCUT2D eigenvalue weighted by molar-refractivity contribution is -0.128. The summed E-state index contributed by atoms with van der Waals surface area (Å²) in [6.07, 6.45) is 3.60. The zero-order chi connectivity index (χ0) is 18.5. The fourth-order valence-corrected chi connectivity index (χ4v) is 3.41. The van der Waals surface area contributed by atoms with E-state index in [1.54, 1.807) is 13.2 Å². The van der Waals surface area contributed by atoms with Crippen molar-refractivity contribution in [3.63, 3.8) is 0 Å². The second kappa shape index (κ2) is 8.26. The van der Waals surface area contributed by atoms with Crippen molar-refractivity contribution >= 4 is 5.91 Å². The number of hydrogen-bond acceptors (Lipinski definition) is 3. The highest BCUT2D eigenvalue weighted by molar-refractivity contribution is 5.81. The number of nitrogens with one attached hydrogen (secondary N) is 1. The summed E-state index contributed by atoms with van der Waals surface area (Å²) in [6.45, 7) is 3.97. The third-order valence-corrected chi connectivity index (χ3v) is 4.96. The Morgan fingerprint density at radius 1 is 1.12 bits per heavy atom. The average Bonchev–Trinajstić information content (AvgIpc) is 3.13. The minimum Gasteiger partial charge on any atom is -0.497 e. The molecule has 1 aliphatic carbocycles. The summed E-state index contributed by atoms with van der Waals surface area (Å²) in [5, 5.41) is 3.09. The molecule has 138 valence electrons. The maximum atomic E-state index is 12.7. The summed E-state index contributed by atoms with van der Waals surface area (Å²) < 4.78 is 11.1. The number of rotatable bonds is 7. The summed E-state index contributed by atoms with van der Waals surface area (Å²) in [5.41, 5.74) is 4.01. The topological polar surface area (TPSA) is 47.6 Å². The van der Waals surface area contributed by atoms with Crippen molar-refractivity contribution in [3.05, 3.63) is 59.2 Å². The smallest absolute Gasteiger partial charge is 0.261 e. The first-order valence-electron chi connectivity index (χ1n) is 9.33. The molecule has 3 rings (SSSR count). The highest BCUT2D eigenvalue weighted by atomic mass is 16.5.